The van der Waals surface area contributed by atoms with Crippen LogP contribution in [-0.2, 0) is 10.0 Å². The van der Waals surface area contributed by atoms with Gasteiger partial charge >= 0.3 is 0 Å². The molecule has 0 saturated heterocycles. The van der Waals surface area contributed by atoms with E-state index in [0.717, 1.165) is 21.0 Å². The number of sulfonamides is 1. The molecule has 0 radical (unpaired) electrons. The Morgan fingerprint density at radius 1 is 1.12 bits per heavy atom. The minimum Gasteiger partial charge on any atom is -0.346 e. The Kier molecular flexibility index (Phi) is 6.26. The zero-order chi connectivity index (χ0) is 19.6. The van der Waals surface area contributed by atoms with Gasteiger partial charge in [-0.3, -0.25) is 4.79 Å². The zero-order valence-electron chi connectivity index (χ0n) is 15.5. The quantitative estimate of drug-likeness (QED) is 0.771. The monoisotopic (exact) mass is 438 g/mol. The second-order valence-electron chi connectivity index (χ2n) is 6.49. The summed E-state index contributed by atoms with van der Waals surface area (Å²) in [6.07, 6.45) is 0. The van der Waals surface area contributed by atoms with Crippen molar-refractivity contribution in [3.05, 3.63) is 63.1 Å². The number of halogens is 1. The van der Waals surface area contributed by atoms with Gasteiger partial charge in [-0.1, -0.05) is 23.8 Å². The summed E-state index contributed by atoms with van der Waals surface area (Å²) >= 11 is 3.25. The van der Waals surface area contributed by atoms with Crippen LogP contribution in [0.4, 0.5) is 0 Å². The molecule has 0 aliphatic heterocycles. The first-order valence-corrected chi connectivity index (χ1v) is 10.4. The summed E-state index contributed by atoms with van der Waals surface area (Å²) in [6, 6.07) is 10.5. The summed E-state index contributed by atoms with van der Waals surface area (Å²) in [5, 5.41) is 2.95. The Labute approximate surface area is 163 Å². The lowest BCUT2D eigenvalue weighted by molar-refractivity contribution is 0.0939. The molecule has 0 heterocycles. The Balaban J connectivity index is 2.32. The van der Waals surface area contributed by atoms with Crippen LogP contribution in [0.15, 0.2) is 45.8 Å². The lowest BCUT2D eigenvalue weighted by Crippen LogP contribution is -2.28. The predicted octanol–water partition coefficient (Wildman–Crippen LogP) is 3.81. The van der Waals surface area contributed by atoms with Gasteiger partial charge in [0, 0.05) is 24.1 Å². The van der Waals surface area contributed by atoms with Crippen LogP contribution in [0.2, 0.25) is 0 Å². The van der Waals surface area contributed by atoms with E-state index in [0.29, 0.717) is 10.0 Å². The number of hydrogen-bond donors (Lipinski definition) is 1. The fraction of sp³-hybridized carbons (Fsp3) is 0.316. The number of benzene rings is 2. The van der Waals surface area contributed by atoms with Crippen LogP contribution in [-0.4, -0.2) is 32.7 Å². The fourth-order valence-electron chi connectivity index (χ4n) is 2.62. The Morgan fingerprint density at radius 3 is 2.38 bits per heavy atom. The first-order valence-electron chi connectivity index (χ1n) is 8.14. The molecule has 0 bridgehead atoms. The van der Waals surface area contributed by atoms with Gasteiger partial charge in [0.1, 0.15) is 0 Å². The topological polar surface area (TPSA) is 66.5 Å². The highest BCUT2D eigenvalue weighted by atomic mass is 79.9. The van der Waals surface area contributed by atoms with Gasteiger partial charge in [-0.05, 0) is 66.0 Å². The molecule has 0 aromatic heterocycles. The maximum absolute atomic E-state index is 12.7. The van der Waals surface area contributed by atoms with Crippen LogP contribution >= 0.6 is 15.9 Å². The highest BCUT2D eigenvalue weighted by Crippen LogP contribution is 2.26. The van der Waals surface area contributed by atoms with Crippen LogP contribution in [0.25, 0.3) is 0 Å². The van der Waals surface area contributed by atoms with Gasteiger partial charge in [-0.25, -0.2) is 12.7 Å². The number of carbonyl (C=O) groups is 1. The number of nitrogens with zero attached hydrogens (tertiary/aromatic N) is 1. The molecule has 1 N–H and O–H groups in total. The van der Waals surface area contributed by atoms with Gasteiger partial charge in [-0.15, -0.1) is 0 Å². The Morgan fingerprint density at radius 2 is 1.77 bits per heavy atom. The number of rotatable bonds is 5. The molecule has 0 spiro atoms. The molecule has 2 aromatic carbocycles. The standard InChI is InChI=1S/C19H23BrN2O3S/c1-12-6-7-13(2)16(10-12)14(3)21-19(23)15-8-9-17(20)18(11-15)26(24,25)22(4)5/h6-11,14H,1-5H3,(H,21,23). The van der Waals surface area contributed by atoms with Gasteiger partial charge in [0.05, 0.1) is 10.9 Å². The average molecular weight is 439 g/mol. The van der Waals surface area contributed by atoms with Gasteiger partial charge in [0.25, 0.3) is 5.91 Å². The van der Waals surface area contributed by atoms with Crippen molar-refractivity contribution in [2.75, 3.05) is 14.1 Å². The molecule has 0 aliphatic carbocycles. The van der Waals surface area contributed by atoms with Gasteiger partial charge in [0.15, 0.2) is 0 Å². The summed E-state index contributed by atoms with van der Waals surface area (Å²) in [6.45, 7) is 5.92. The lowest BCUT2D eigenvalue weighted by Gasteiger charge is -2.18. The van der Waals surface area contributed by atoms with Crippen molar-refractivity contribution in [2.24, 2.45) is 0 Å². The van der Waals surface area contributed by atoms with Crippen molar-refractivity contribution in [2.45, 2.75) is 31.7 Å². The van der Waals surface area contributed by atoms with Gasteiger partial charge < -0.3 is 5.32 Å². The molecule has 7 heteroatoms. The van der Waals surface area contributed by atoms with E-state index in [-0.39, 0.29) is 16.8 Å². The number of amides is 1. The Bertz CT molecular complexity index is 940. The molecule has 1 amide bonds. The molecule has 0 saturated carbocycles. The van der Waals surface area contributed by atoms with E-state index in [1.165, 1.54) is 20.2 Å². The molecule has 1 atom stereocenters. The van der Waals surface area contributed by atoms with Crippen LogP contribution in [0, 0.1) is 13.8 Å². The number of hydrogen-bond acceptors (Lipinski definition) is 3. The number of aryl methyl sites for hydroxylation is 2. The summed E-state index contributed by atoms with van der Waals surface area (Å²) in [5.74, 6) is -0.318. The second-order valence-corrected chi connectivity index (χ2v) is 9.46. The van der Waals surface area contributed by atoms with E-state index >= 15 is 0 Å². The first-order chi connectivity index (χ1) is 12.0. The zero-order valence-corrected chi connectivity index (χ0v) is 17.9. The fourth-order valence-corrected chi connectivity index (χ4v) is 4.47. The molecule has 2 rings (SSSR count). The first kappa shape index (κ1) is 20.6. The van der Waals surface area contributed by atoms with E-state index in [2.05, 4.69) is 21.2 Å². The maximum Gasteiger partial charge on any atom is 0.251 e. The van der Waals surface area contributed by atoms with E-state index < -0.39 is 10.0 Å². The Hall–Kier alpha value is -1.70. The molecular formula is C19H23BrN2O3S. The van der Waals surface area contributed by atoms with Crippen molar-refractivity contribution < 1.29 is 13.2 Å². The summed E-state index contributed by atoms with van der Waals surface area (Å²) < 4.78 is 26.4. The summed E-state index contributed by atoms with van der Waals surface area (Å²) in [5.41, 5.74) is 3.55. The average Bonchev–Trinajstić information content (AvgIpc) is 2.56. The maximum atomic E-state index is 12.7. The predicted molar refractivity (Wildman–Crippen MR) is 107 cm³/mol. The van der Waals surface area contributed by atoms with Crippen molar-refractivity contribution in [1.82, 2.24) is 9.62 Å². The highest BCUT2D eigenvalue weighted by molar-refractivity contribution is 9.10. The number of carbonyl (C=O) groups excluding carboxylic acids is 1. The molecule has 5 nitrogen and oxygen atoms in total. The molecular weight excluding hydrogens is 416 g/mol. The van der Waals surface area contributed by atoms with Gasteiger partial charge in [-0.2, -0.15) is 0 Å². The summed E-state index contributed by atoms with van der Waals surface area (Å²) in [4.78, 5) is 12.7. The van der Waals surface area contributed by atoms with Gasteiger partial charge in [0.2, 0.25) is 10.0 Å². The third kappa shape index (κ3) is 4.34. The van der Waals surface area contributed by atoms with Crippen molar-refractivity contribution in [3.63, 3.8) is 0 Å². The third-order valence-corrected chi connectivity index (χ3v) is 7.01. The normalized spacial score (nSPS) is 12.9. The summed E-state index contributed by atoms with van der Waals surface area (Å²) in [7, 11) is -0.739. The van der Waals surface area contributed by atoms with Crippen molar-refractivity contribution in [3.8, 4) is 0 Å². The van der Waals surface area contributed by atoms with E-state index in [1.807, 2.05) is 39.0 Å². The second kappa shape index (κ2) is 7.90. The number of nitrogens with one attached hydrogen (secondary N) is 1. The van der Waals surface area contributed by atoms with Crippen molar-refractivity contribution >= 4 is 31.9 Å². The van der Waals surface area contributed by atoms with Crippen molar-refractivity contribution in [1.29, 1.82) is 0 Å². The van der Waals surface area contributed by atoms with E-state index in [9.17, 15) is 13.2 Å². The van der Waals surface area contributed by atoms with E-state index in [4.69, 9.17) is 0 Å². The van der Waals surface area contributed by atoms with E-state index in [1.54, 1.807) is 12.1 Å². The molecule has 0 aliphatic rings. The highest BCUT2D eigenvalue weighted by Gasteiger charge is 2.23. The minimum absolute atomic E-state index is 0.0644. The molecule has 1 unspecified atom stereocenters. The minimum atomic E-state index is -3.65. The van der Waals surface area contributed by atoms with Crippen LogP contribution in [0.3, 0.4) is 0 Å². The molecule has 2 aromatic rings. The SMILES string of the molecule is Cc1ccc(C)c(C(C)NC(=O)c2ccc(Br)c(S(=O)(=O)N(C)C)c2)c1. The smallest absolute Gasteiger partial charge is 0.251 e. The van der Waals surface area contributed by atoms with Crippen LogP contribution in [0.1, 0.15) is 40.0 Å². The largest absolute Gasteiger partial charge is 0.346 e. The third-order valence-electron chi connectivity index (χ3n) is 4.20. The van der Waals surface area contributed by atoms with Crippen LogP contribution < -0.4 is 5.32 Å². The molecule has 0 fully saturated rings. The molecule has 26 heavy (non-hydrogen) atoms. The molecule has 140 valence electrons. The van der Waals surface area contributed by atoms with Crippen LogP contribution in [0.5, 0.6) is 0 Å². The lowest BCUT2D eigenvalue weighted by atomic mass is 10.00.